The molecule has 3 rings (SSSR count). The molecule has 1 fully saturated rings. The Morgan fingerprint density at radius 3 is 2.96 bits per heavy atom. The minimum Gasteiger partial charge on any atom is -0.492 e. The lowest BCUT2D eigenvalue weighted by Gasteiger charge is -2.35. The van der Waals surface area contributed by atoms with E-state index in [-0.39, 0.29) is 24.4 Å². The number of para-hydroxylation sites is 2. The van der Waals surface area contributed by atoms with Crippen molar-refractivity contribution in [3.63, 3.8) is 0 Å². The Bertz CT molecular complexity index is 721. The fourth-order valence-corrected chi connectivity index (χ4v) is 3.11. The van der Waals surface area contributed by atoms with Crippen LogP contribution in [0.25, 0.3) is 0 Å². The summed E-state index contributed by atoms with van der Waals surface area (Å²) in [6.07, 6.45) is 3.72. The second-order valence-corrected chi connectivity index (χ2v) is 6.06. The van der Waals surface area contributed by atoms with E-state index in [1.807, 2.05) is 49.0 Å². The number of amides is 1. The quantitative estimate of drug-likeness (QED) is 0.801. The molecule has 2 aromatic rings. The first-order valence-corrected chi connectivity index (χ1v) is 8.62. The topological polar surface area (TPSA) is 71.4 Å². The van der Waals surface area contributed by atoms with Crippen molar-refractivity contribution in [1.82, 2.24) is 19.8 Å². The van der Waals surface area contributed by atoms with E-state index in [9.17, 15) is 4.79 Å². The number of carbonyl (C=O) groups is 1. The normalized spacial score (nSPS) is 17.4. The number of aromatic nitrogens is 2. The molecule has 1 atom stereocenters. The van der Waals surface area contributed by atoms with Gasteiger partial charge in [0.15, 0.2) is 0 Å². The molecule has 1 unspecified atom stereocenters. The number of rotatable bonds is 6. The summed E-state index contributed by atoms with van der Waals surface area (Å²) in [5.74, 6) is 1.61. The van der Waals surface area contributed by atoms with Crippen molar-refractivity contribution in [2.24, 2.45) is 7.05 Å². The first-order valence-electron chi connectivity index (χ1n) is 8.62. The van der Waals surface area contributed by atoms with Gasteiger partial charge in [0.25, 0.3) is 0 Å². The summed E-state index contributed by atoms with van der Waals surface area (Å²) >= 11 is 0. The highest BCUT2D eigenvalue weighted by molar-refractivity contribution is 5.93. The molecule has 2 heterocycles. The van der Waals surface area contributed by atoms with Gasteiger partial charge in [0.05, 0.1) is 24.9 Å². The Morgan fingerprint density at radius 2 is 2.23 bits per heavy atom. The van der Waals surface area contributed by atoms with E-state index < -0.39 is 0 Å². The third kappa shape index (κ3) is 4.75. The van der Waals surface area contributed by atoms with Crippen molar-refractivity contribution >= 4 is 24.0 Å². The molecule has 2 N–H and O–H groups in total. The van der Waals surface area contributed by atoms with Gasteiger partial charge >= 0.3 is 0 Å². The van der Waals surface area contributed by atoms with Gasteiger partial charge in [-0.2, -0.15) is 0 Å². The molecule has 1 saturated heterocycles. The average Bonchev–Trinajstić information content (AvgIpc) is 3.03. The number of piperazine rings is 1. The largest absolute Gasteiger partial charge is 0.492 e. The fourth-order valence-electron chi connectivity index (χ4n) is 3.11. The highest BCUT2D eigenvalue weighted by Gasteiger charge is 2.28. The predicted molar refractivity (Wildman–Crippen MR) is 104 cm³/mol. The van der Waals surface area contributed by atoms with Crippen LogP contribution in [0.1, 0.15) is 18.8 Å². The third-order valence-electron chi connectivity index (χ3n) is 4.32. The maximum Gasteiger partial charge on any atom is 0.238 e. The molecule has 8 heteroatoms. The predicted octanol–water partition coefficient (Wildman–Crippen LogP) is 1.83. The summed E-state index contributed by atoms with van der Waals surface area (Å²) in [6.45, 7) is 5.26. The zero-order chi connectivity index (χ0) is 17.6. The lowest BCUT2D eigenvalue weighted by molar-refractivity contribution is -0.118. The Hall–Kier alpha value is -2.09. The van der Waals surface area contributed by atoms with Crippen LogP contribution in [0.5, 0.6) is 5.75 Å². The van der Waals surface area contributed by atoms with Gasteiger partial charge < -0.3 is 19.9 Å². The summed E-state index contributed by atoms with van der Waals surface area (Å²) in [5.41, 5.74) is 0.707. The van der Waals surface area contributed by atoms with Crippen LogP contribution >= 0.6 is 12.4 Å². The van der Waals surface area contributed by atoms with Crippen molar-refractivity contribution in [3.05, 3.63) is 42.5 Å². The molecular formula is C18H26ClN5O2. The van der Waals surface area contributed by atoms with Gasteiger partial charge in [-0.05, 0) is 19.1 Å². The second-order valence-electron chi connectivity index (χ2n) is 6.06. The monoisotopic (exact) mass is 379 g/mol. The van der Waals surface area contributed by atoms with E-state index in [4.69, 9.17) is 4.74 Å². The van der Waals surface area contributed by atoms with E-state index in [0.717, 1.165) is 25.5 Å². The van der Waals surface area contributed by atoms with Crippen LogP contribution in [-0.2, 0) is 11.8 Å². The average molecular weight is 380 g/mol. The van der Waals surface area contributed by atoms with Crippen LogP contribution in [0.2, 0.25) is 0 Å². The van der Waals surface area contributed by atoms with Crippen molar-refractivity contribution < 1.29 is 9.53 Å². The molecule has 0 bridgehead atoms. The SMILES string of the molecule is CCOc1ccccc1NC(=O)CN1CCNCC1c1nccn1C.Cl. The van der Waals surface area contributed by atoms with Crippen LogP contribution < -0.4 is 15.4 Å². The standard InChI is InChI=1S/C18H25N5O2.ClH/c1-3-25-16-7-5-4-6-14(16)21-17(24)13-23-11-8-19-12-15(23)18-20-9-10-22(18)2;/h4-7,9-10,15,19H,3,8,11-13H2,1-2H3,(H,21,24);1H. The van der Waals surface area contributed by atoms with Crippen LogP contribution in [-0.4, -0.2) is 53.1 Å². The molecule has 0 spiro atoms. The fraction of sp³-hybridized carbons (Fsp3) is 0.444. The molecule has 1 aliphatic heterocycles. The highest BCUT2D eigenvalue weighted by Crippen LogP contribution is 2.24. The van der Waals surface area contributed by atoms with Gasteiger partial charge in [0.1, 0.15) is 11.6 Å². The molecule has 1 aromatic heterocycles. The van der Waals surface area contributed by atoms with Gasteiger partial charge in [-0.15, -0.1) is 12.4 Å². The maximum absolute atomic E-state index is 12.6. The van der Waals surface area contributed by atoms with E-state index >= 15 is 0 Å². The van der Waals surface area contributed by atoms with Crippen molar-refractivity contribution in [1.29, 1.82) is 0 Å². The van der Waals surface area contributed by atoms with Crippen LogP contribution in [0, 0.1) is 0 Å². The number of halogens is 1. The Balaban J connectivity index is 0.00000243. The summed E-state index contributed by atoms with van der Waals surface area (Å²) < 4.78 is 7.58. The van der Waals surface area contributed by atoms with E-state index in [1.54, 1.807) is 6.20 Å². The molecular weight excluding hydrogens is 354 g/mol. The van der Waals surface area contributed by atoms with E-state index in [0.29, 0.717) is 24.6 Å². The number of nitrogens with one attached hydrogen (secondary N) is 2. The molecule has 0 radical (unpaired) electrons. The number of imidazole rings is 1. The Labute approximate surface area is 160 Å². The van der Waals surface area contributed by atoms with Crippen LogP contribution in [0.4, 0.5) is 5.69 Å². The lowest BCUT2D eigenvalue weighted by atomic mass is 10.1. The molecule has 0 saturated carbocycles. The minimum atomic E-state index is -0.0479. The summed E-state index contributed by atoms with van der Waals surface area (Å²) in [4.78, 5) is 19.2. The molecule has 7 nitrogen and oxygen atoms in total. The van der Waals surface area contributed by atoms with Gasteiger partial charge in [-0.1, -0.05) is 12.1 Å². The summed E-state index contributed by atoms with van der Waals surface area (Å²) in [5, 5.41) is 6.35. The maximum atomic E-state index is 12.6. The smallest absolute Gasteiger partial charge is 0.238 e. The second kappa shape index (κ2) is 9.56. The van der Waals surface area contributed by atoms with E-state index in [1.165, 1.54) is 0 Å². The molecule has 1 aromatic carbocycles. The Kier molecular flexibility index (Phi) is 7.44. The summed E-state index contributed by atoms with van der Waals surface area (Å²) in [7, 11) is 1.98. The number of carbonyl (C=O) groups excluding carboxylic acids is 1. The number of aryl methyl sites for hydroxylation is 1. The van der Waals surface area contributed by atoms with E-state index in [2.05, 4.69) is 20.5 Å². The summed E-state index contributed by atoms with van der Waals surface area (Å²) in [6, 6.07) is 7.59. The number of benzene rings is 1. The number of hydrogen-bond donors (Lipinski definition) is 2. The van der Waals surface area contributed by atoms with Gasteiger partial charge in [-0.25, -0.2) is 4.98 Å². The highest BCUT2D eigenvalue weighted by atomic mass is 35.5. The van der Waals surface area contributed by atoms with Crippen LogP contribution in [0.15, 0.2) is 36.7 Å². The number of anilines is 1. The van der Waals surface area contributed by atoms with Gasteiger partial charge in [0, 0.05) is 39.1 Å². The lowest BCUT2D eigenvalue weighted by Crippen LogP contribution is -2.49. The van der Waals surface area contributed by atoms with Gasteiger partial charge in [0.2, 0.25) is 5.91 Å². The molecule has 1 aliphatic rings. The minimum absolute atomic E-state index is 0. The van der Waals surface area contributed by atoms with Gasteiger partial charge in [-0.3, -0.25) is 9.69 Å². The number of ether oxygens (including phenoxy) is 1. The first kappa shape index (κ1) is 20.2. The molecule has 142 valence electrons. The van der Waals surface area contributed by atoms with Crippen molar-refractivity contribution in [3.8, 4) is 5.75 Å². The zero-order valence-corrected chi connectivity index (χ0v) is 16.0. The third-order valence-corrected chi connectivity index (χ3v) is 4.32. The molecule has 0 aliphatic carbocycles. The number of nitrogens with zero attached hydrogens (tertiary/aromatic N) is 3. The first-order chi connectivity index (χ1) is 12.2. The van der Waals surface area contributed by atoms with Crippen molar-refractivity contribution in [2.75, 3.05) is 38.1 Å². The number of hydrogen-bond acceptors (Lipinski definition) is 5. The molecule has 1 amide bonds. The van der Waals surface area contributed by atoms with Crippen LogP contribution in [0.3, 0.4) is 0 Å². The van der Waals surface area contributed by atoms with Crippen molar-refractivity contribution in [2.45, 2.75) is 13.0 Å². The molecule has 26 heavy (non-hydrogen) atoms. The zero-order valence-electron chi connectivity index (χ0n) is 15.1. The Morgan fingerprint density at radius 1 is 1.42 bits per heavy atom.